The zero-order valence-electron chi connectivity index (χ0n) is 14.1. The van der Waals surface area contributed by atoms with Crippen LogP contribution in [-0.2, 0) is 11.3 Å². The second-order valence-corrected chi connectivity index (χ2v) is 6.28. The number of nitrogens with one attached hydrogen (secondary N) is 1. The fourth-order valence-electron chi connectivity index (χ4n) is 2.98. The summed E-state index contributed by atoms with van der Waals surface area (Å²) in [7, 11) is 3.52. The molecule has 1 aromatic heterocycles. The van der Waals surface area contributed by atoms with Gasteiger partial charge in [0.2, 0.25) is 5.95 Å². The van der Waals surface area contributed by atoms with Crippen molar-refractivity contribution in [3.05, 3.63) is 47.9 Å². The van der Waals surface area contributed by atoms with Crippen molar-refractivity contribution in [2.24, 2.45) is 0 Å². The number of nitrogens with zero attached hydrogens (tertiary/aromatic N) is 3. The van der Waals surface area contributed by atoms with Crippen molar-refractivity contribution < 1.29 is 9.13 Å². The molecule has 0 amide bonds. The van der Waals surface area contributed by atoms with Crippen molar-refractivity contribution >= 4 is 11.8 Å². The van der Waals surface area contributed by atoms with E-state index in [0.29, 0.717) is 12.6 Å². The Morgan fingerprint density at radius 2 is 2.04 bits per heavy atom. The maximum absolute atomic E-state index is 13.7. The average Bonchev–Trinajstić information content (AvgIpc) is 3.02. The molecule has 24 heavy (non-hydrogen) atoms. The zero-order chi connectivity index (χ0) is 16.9. The fraction of sp³-hybridized carbons (Fsp3) is 0.444. The lowest BCUT2D eigenvalue weighted by Crippen LogP contribution is -2.31. The van der Waals surface area contributed by atoms with Crippen LogP contribution in [0.3, 0.4) is 0 Å². The van der Waals surface area contributed by atoms with E-state index in [0.717, 1.165) is 24.8 Å². The van der Waals surface area contributed by atoms with Crippen molar-refractivity contribution in [2.45, 2.75) is 38.0 Å². The van der Waals surface area contributed by atoms with E-state index in [1.54, 1.807) is 19.0 Å². The number of hydrogen-bond donors (Lipinski definition) is 1. The largest absolute Gasteiger partial charge is 0.371 e. The number of anilines is 2. The van der Waals surface area contributed by atoms with Crippen LogP contribution in [0.15, 0.2) is 36.5 Å². The molecule has 1 saturated carbocycles. The summed E-state index contributed by atoms with van der Waals surface area (Å²) in [6, 6.07) is 10.3. The van der Waals surface area contributed by atoms with Crippen LogP contribution in [0.5, 0.6) is 0 Å². The molecule has 1 aromatic carbocycles. The summed E-state index contributed by atoms with van der Waals surface area (Å²) in [6.07, 6.45) is 4.42. The number of aromatic nitrogens is 2. The summed E-state index contributed by atoms with van der Waals surface area (Å²) in [5.41, 5.74) is 1.16. The van der Waals surface area contributed by atoms with Gasteiger partial charge < -0.3 is 15.0 Å². The van der Waals surface area contributed by atoms with Crippen LogP contribution in [0.1, 0.15) is 24.8 Å². The highest BCUT2D eigenvalue weighted by Gasteiger charge is 2.28. The molecule has 3 rings (SSSR count). The van der Waals surface area contributed by atoms with Crippen molar-refractivity contribution in [2.75, 3.05) is 24.3 Å². The number of halogens is 1. The normalized spacial score (nSPS) is 20.1. The molecule has 0 spiro atoms. The smallest absolute Gasteiger partial charge is 0.225 e. The predicted molar refractivity (Wildman–Crippen MR) is 92.6 cm³/mol. The van der Waals surface area contributed by atoms with E-state index in [1.807, 2.05) is 18.2 Å². The molecule has 0 radical (unpaired) electrons. The molecule has 1 aliphatic rings. The van der Waals surface area contributed by atoms with Crippen molar-refractivity contribution in [3.63, 3.8) is 0 Å². The van der Waals surface area contributed by atoms with E-state index < -0.39 is 5.82 Å². The molecule has 1 N–H and O–H groups in total. The van der Waals surface area contributed by atoms with Gasteiger partial charge in [-0.2, -0.15) is 4.98 Å². The van der Waals surface area contributed by atoms with Gasteiger partial charge in [-0.05, 0) is 24.8 Å². The summed E-state index contributed by atoms with van der Waals surface area (Å²) in [5, 5.41) is 3.31. The molecule has 2 atom stereocenters. The number of benzene rings is 1. The van der Waals surface area contributed by atoms with Crippen molar-refractivity contribution in [1.82, 2.24) is 9.97 Å². The summed E-state index contributed by atoms with van der Waals surface area (Å²) < 4.78 is 19.8. The summed E-state index contributed by atoms with van der Waals surface area (Å²) in [6.45, 7) is 0.594. The molecule has 0 aliphatic heterocycles. The second-order valence-electron chi connectivity index (χ2n) is 6.28. The molecule has 0 saturated heterocycles. The minimum Gasteiger partial charge on any atom is -0.371 e. The Morgan fingerprint density at radius 1 is 1.25 bits per heavy atom. The van der Waals surface area contributed by atoms with Crippen molar-refractivity contribution in [3.8, 4) is 0 Å². The lowest BCUT2D eigenvalue weighted by molar-refractivity contribution is 0.0393. The Kier molecular flexibility index (Phi) is 5.25. The number of ether oxygens (including phenoxy) is 1. The first-order valence-electron chi connectivity index (χ1n) is 8.25. The minimum absolute atomic E-state index is 0.113. The fourth-order valence-corrected chi connectivity index (χ4v) is 2.98. The van der Waals surface area contributed by atoms with Crippen LogP contribution in [0.4, 0.5) is 16.2 Å². The third-order valence-electron chi connectivity index (χ3n) is 4.22. The van der Waals surface area contributed by atoms with Gasteiger partial charge in [0.1, 0.15) is 0 Å². The Labute approximate surface area is 141 Å². The van der Waals surface area contributed by atoms with Crippen molar-refractivity contribution in [1.29, 1.82) is 0 Å². The van der Waals surface area contributed by atoms with E-state index >= 15 is 0 Å². The van der Waals surface area contributed by atoms with E-state index in [-0.39, 0.29) is 18.0 Å². The Morgan fingerprint density at radius 3 is 2.79 bits per heavy atom. The predicted octanol–water partition coefficient (Wildman–Crippen LogP) is 3.23. The highest BCUT2D eigenvalue weighted by Crippen LogP contribution is 2.26. The summed E-state index contributed by atoms with van der Waals surface area (Å²) in [5.74, 6) is 0.307. The third-order valence-corrected chi connectivity index (χ3v) is 4.22. The Hall–Kier alpha value is -2.21. The van der Waals surface area contributed by atoms with Crippen LogP contribution in [0, 0.1) is 5.82 Å². The molecule has 128 valence electrons. The average molecular weight is 330 g/mol. The highest BCUT2D eigenvalue weighted by atomic mass is 19.1. The van der Waals surface area contributed by atoms with Gasteiger partial charge >= 0.3 is 0 Å². The molecule has 0 unspecified atom stereocenters. The van der Waals surface area contributed by atoms with E-state index in [9.17, 15) is 4.39 Å². The van der Waals surface area contributed by atoms with Gasteiger partial charge in [0.05, 0.1) is 24.9 Å². The third kappa shape index (κ3) is 4.00. The first-order valence-corrected chi connectivity index (χ1v) is 8.25. The minimum atomic E-state index is -0.422. The molecule has 5 nitrogen and oxygen atoms in total. The van der Waals surface area contributed by atoms with Gasteiger partial charge in [0.25, 0.3) is 0 Å². The Bertz CT molecular complexity index is 665. The van der Waals surface area contributed by atoms with Gasteiger partial charge in [0, 0.05) is 14.1 Å². The maximum atomic E-state index is 13.7. The number of rotatable bonds is 6. The standard InChI is InChI=1S/C18H23FN4O/c1-23(2)17-14(19)11-20-18(22-17)21-15-9-6-10-16(15)24-12-13-7-4-3-5-8-13/h3-5,7-8,11,15-16H,6,9-10,12H2,1-2H3,(H,20,21,22)/t15-,16-/m1/s1. The topological polar surface area (TPSA) is 50.3 Å². The zero-order valence-corrected chi connectivity index (χ0v) is 14.1. The van der Waals surface area contributed by atoms with Crippen LogP contribution >= 0.6 is 0 Å². The van der Waals surface area contributed by atoms with E-state index in [4.69, 9.17) is 4.74 Å². The lowest BCUT2D eigenvalue weighted by Gasteiger charge is -2.22. The van der Waals surface area contributed by atoms with E-state index in [2.05, 4.69) is 27.4 Å². The first-order chi connectivity index (χ1) is 11.6. The van der Waals surface area contributed by atoms with Gasteiger partial charge in [-0.3, -0.25) is 0 Å². The van der Waals surface area contributed by atoms with Gasteiger partial charge in [-0.25, -0.2) is 9.37 Å². The van der Waals surface area contributed by atoms with Crippen LogP contribution in [0.2, 0.25) is 0 Å². The lowest BCUT2D eigenvalue weighted by atomic mass is 10.2. The summed E-state index contributed by atoms with van der Waals surface area (Å²) >= 11 is 0. The highest BCUT2D eigenvalue weighted by molar-refractivity contribution is 5.43. The van der Waals surface area contributed by atoms with Gasteiger partial charge in [-0.1, -0.05) is 30.3 Å². The Balaban J connectivity index is 1.62. The maximum Gasteiger partial charge on any atom is 0.225 e. The van der Waals surface area contributed by atoms with E-state index in [1.165, 1.54) is 6.20 Å². The molecule has 1 heterocycles. The van der Waals surface area contributed by atoms with Crippen LogP contribution < -0.4 is 10.2 Å². The quantitative estimate of drug-likeness (QED) is 0.881. The van der Waals surface area contributed by atoms with Gasteiger partial charge in [-0.15, -0.1) is 0 Å². The molecule has 1 fully saturated rings. The monoisotopic (exact) mass is 330 g/mol. The molecular weight excluding hydrogens is 307 g/mol. The van der Waals surface area contributed by atoms with Crippen LogP contribution in [-0.4, -0.2) is 36.2 Å². The first kappa shape index (κ1) is 16.6. The SMILES string of the molecule is CN(C)c1nc(N[C@@H]2CCC[C@H]2OCc2ccccc2)ncc1F. The molecule has 1 aliphatic carbocycles. The second kappa shape index (κ2) is 7.57. The molecule has 0 bridgehead atoms. The number of hydrogen-bond acceptors (Lipinski definition) is 5. The molecule has 6 heteroatoms. The molecular formula is C18H23FN4O. The summed E-state index contributed by atoms with van der Waals surface area (Å²) in [4.78, 5) is 9.96. The molecule has 2 aromatic rings. The van der Waals surface area contributed by atoms with Gasteiger partial charge in [0.15, 0.2) is 11.6 Å². The van der Waals surface area contributed by atoms with Crippen LogP contribution in [0.25, 0.3) is 0 Å².